The number of rotatable bonds is 6. The first-order valence-electron chi connectivity index (χ1n) is 7.88. The molecule has 0 radical (unpaired) electrons. The Morgan fingerprint density at radius 2 is 2.43 bits per heavy atom. The zero-order valence-corrected chi connectivity index (χ0v) is 12.7. The van der Waals surface area contributed by atoms with Crippen LogP contribution < -0.4 is 5.32 Å². The number of aromatic nitrogens is 3. The van der Waals surface area contributed by atoms with Gasteiger partial charge >= 0.3 is 0 Å². The molecule has 0 aliphatic carbocycles. The first-order chi connectivity index (χ1) is 10.4. The first kappa shape index (κ1) is 14.5. The fraction of sp³-hybridized carbons (Fsp3) is 0.625. The highest BCUT2D eigenvalue weighted by Gasteiger charge is 2.18. The number of aryl methyl sites for hydroxylation is 1. The molecule has 2 aromatic heterocycles. The lowest BCUT2D eigenvalue weighted by Gasteiger charge is -2.22. The van der Waals surface area contributed by atoms with Crippen LogP contribution in [0.1, 0.15) is 25.1 Å². The van der Waals surface area contributed by atoms with Gasteiger partial charge in [0, 0.05) is 32.9 Å². The maximum absolute atomic E-state index is 5.18. The van der Waals surface area contributed by atoms with Crippen molar-refractivity contribution in [2.75, 3.05) is 26.8 Å². The Bertz CT molecular complexity index is 575. The summed E-state index contributed by atoms with van der Waals surface area (Å²) in [5, 5.41) is 3.49. The van der Waals surface area contributed by atoms with Crippen LogP contribution in [-0.4, -0.2) is 41.3 Å². The molecule has 0 aromatic carbocycles. The highest BCUT2D eigenvalue weighted by atomic mass is 16.5. The van der Waals surface area contributed by atoms with Crippen LogP contribution in [0, 0.1) is 5.92 Å². The van der Waals surface area contributed by atoms with Crippen molar-refractivity contribution in [2.24, 2.45) is 5.92 Å². The van der Waals surface area contributed by atoms with E-state index in [4.69, 9.17) is 9.72 Å². The Balaban J connectivity index is 1.82. The summed E-state index contributed by atoms with van der Waals surface area (Å²) in [5.41, 5.74) is 2.01. The van der Waals surface area contributed by atoms with Crippen molar-refractivity contribution in [1.82, 2.24) is 19.9 Å². The predicted octanol–water partition coefficient (Wildman–Crippen LogP) is 2.01. The number of piperidine rings is 1. The van der Waals surface area contributed by atoms with E-state index >= 15 is 0 Å². The van der Waals surface area contributed by atoms with Crippen molar-refractivity contribution in [3.63, 3.8) is 0 Å². The van der Waals surface area contributed by atoms with E-state index in [0.717, 1.165) is 50.2 Å². The number of ether oxygens (including phenoxy) is 1. The Labute approximate surface area is 125 Å². The molecule has 21 heavy (non-hydrogen) atoms. The van der Waals surface area contributed by atoms with Gasteiger partial charge in [-0.05, 0) is 50.4 Å². The molecule has 1 unspecified atom stereocenters. The molecule has 3 rings (SSSR count). The standard InChI is InChI=1S/C16H24N4O/c1-21-10-4-9-20-15(11-13-5-2-7-17-12-13)19-14-6-3-8-18-16(14)20/h3,6,8,13,17H,2,4-5,7,9-12H2,1H3. The van der Waals surface area contributed by atoms with Gasteiger partial charge in [-0.3, -0.25) is 0 Å². The third-order valence-corrected chi connectivity index (χ3v) is 4.18. The second kappa shape index (κ2) is 7.00. The number of methoxy groups -OCH3 is 1. The smallest absolute Gasteiger partial charge is 0.159 e. The van der Waals surface area contributed by atoms with Gasteiger partial charge in [0.25, 0.3) is 0 Å². The molecule has 1 N–H and O–H groups in total. The van der Waals surface area contributed by atoms with Crippen molar-refractivity contribution in [3.8, 4) is 0 Å². The van der Waals surface area contributed by atoms with Crippen LogP contribution in [0.5, 0.6) is 0 Å². The van der Waals surface area contributed by atoms with E-state index < -0.39 is 0 Å². The molecule has 0 bridgehead atoms. The van der Waals surface area contributed by atoms with Crippen LogP contribution in [0.25, 0.3) is 11.2 Å². The monoisotopic (exact) mass is 288 g/mol. The maximum atomic E-state index is 5.18. The van der Waals surface area contributed by atoms with Crippen LogP contribution >= 0.6 is 0 Å². The highest BCUT2D eigenvalue weighted by Crippen LogP contribution is 2.20. The van der Waals surface area contributed by atoms with Gasteiger partial charge in [-0.2, -0.15) is 0 Å². The van der Waals surface area contributed by atoms with Crippen LogP contribution in [0.4, 0.5) is 0 Å². The fourth-order valence-corrected chi connectivity index (χ4v) is 3.12. The molecule has 3 heterocycles. The third kappa shape index (κ3) is 3.41. The lowest BCUT2D eigenvalue weighted by atomic mass is 9.96. The van der Waals surface area contributed by atoms with Gasteiger partial charge in [-0.1, -0.05) is 0 Å². The second-order valence-corrected chi connectivity index (χ2v) is 5.79. The number of hydrogen-bond acceptors (Lipinski definition) is 4. The van der Waals surface area contributed by atoms with Crippen molar-refractivity contribution in [2.45, 2.75) is 32.2 Å². The Kier molecular flexibility index (Phi) is 4.83. The van der Waals surface area contributed by atoms with Gasteiger partial charge in [0.1, 0.15) is 11.3 Å². The molecule has 0 spiro atoms. The van der Waals surface area contributed by atoms with Crippen molar-refractivity contribution in [1.29, 1.82) is 0 Å². The van der Waals surface area contributed by atoms with Crippen molar-refractivity contribution in [3.05, 3.63) is 24.2 Å². The molecule has 2 aromatic rings. The molecular weight excluding hydrogens is 264 g/mol. The number of nitrogens with one attached hydrogen (secondary N) is 1. The average molecular weight is 288 g/mol. The number of pyridine rings is 1. The van der Waals surface area contributed by atoms with Crippen LogP contribution in [0.2, 0.25) is 0 Å². The molecular formula is C16H24N4O. The summed E-state index contributed by atoms with van der Waals surface area (Å²) in [5.74, 6) is 1.87. The normalized spacial score (nSPS) is 19.2. The molecule has 1 fully saturated rings. The molecule has 5 nitrogen and oxygen atoms in total. The third-order valence-electron chi connectivity index (χ3n) is 4.18. The summed E-state index contributed by atoms with van der Waals surface area (Å²) in [7, 11) is 1.75. The van der Waals surface area contributed by atoms with E-state index in [1.807, 2.05) is 12.3 Å². The summed E-state index contributed by atoms with van der Waals surface area (Å²) < 4.78 is 7.46. The zero-order chi connectivity index (χ0) is 14.5. The summed E-state index contributed by atoms with van der Waals surface area (Å²) in [6, 6.07) is 4.01. The van der Waals surface area contributed by atoms with Gasteiger partial charge < -0.3 is 14.6 Å². The van der Waals surface area contributed by atoms with Gasteiger partial charge in [0.15, 0.2) is 5.65 Å². The Morgan fingerprint density at radius 1 is 1.48 bits per heavy atom. The van der Waals surface area contributed by atoms with Gasteiger partial charge in [0.2, 0.25) is 0 Å². The minimum Gasteiger partial charge on any atom is -0.385 e. The average Bonchev–Trinajstić information content (AvgIpc) is 2.86. The lowest BCUT2D eigenvalue weighted by molar-refractivity contribution is 0.190. The predicted molar refractivity (Wildman–Crippen MR) is 83.3 cm³/mol. The van der Waals surface area contributed by atoms with Gasteiger partial charge in [-0.25, -0.2) is 9.97 Å². The molecule has 1 aliphatic rings. The van der Waals surface area contributed by atoms with Crippen LogP contribution in [0.3, 0.4) is 0 Å². The molecule has 114 valence electrons. The lowest BCUT2D eigenvalue weighted by Crippen LogP contribution is -2.31. The molecule has 0 amide bonds. The quantitative estimate of drug-likeness (QED) is 0.826. The number of hydrogen-bond donors (Lipinski definition) is 1. The Hall–Kier alpha value is -1.46. The number of fused-ring (bicyclic) bond motifs is 1. The van der Waals surface area contributed by atoms with Gasteiger partial charge in [-0.15, -0.1) is 0 Å². The van der Waals surface area contributed by atoms with Crippen LogP contribution in [0.15, 0.2) is 18.3 Å². The molecule has 5 heteroatoms. The summed E-state index contributed by atoms with van der Waals surface area (Å²) in [4.78, 5) is 9.34. The van der Waals surface area contributed by atoms with E-state index in [2.05, 4.69) is 20.9 Å². The summed E-state index contributed by atoms with van der Waals surface area (Å²) in [6.07, 6.45) is 6.45. The molecule has 1 saturated heterocycles. The SMILES string of the molecule is COCCCn1c(CC2CCCNC2)nc2cccnc21. The molecule has 0 saturated carbocycles. The molecule has 1 atom stereocenters. The largest absolute Gasteiger partial charge is 0.385 e. The Morgan fingerprint density at radius 3 is 3.24 bits per heavy atom. The summed E-state index contributed by atoms with van der Waals surface area (Å²) in [6.45, 7) is 3.96. The van der Waals surface area contributed by atoms with E-state index in [0.29, 0.717) is 5.92 Å². The first-order valence-corrected chi connectivity index (χ1v) is 7.88. The topological polar surface area (TPSA) is 52.0 Å². The van der Waals surface area contributed by atoms with Gasteiger partial charge in [0.05, 0.1) is 0 Å². The van der Waals surface area contributed by atoms with E-state index in [1.54, 1.807) is 7.11 Å². The highest BCUT2D eigenvalue weighted by molar-refractivity contribution is 5.71. The minimum atomic E-state index is 0.691. The molecule has 1 aliphatic heterocycles. The van der Waals surface area contributed by atoms with Crippen molar-refractivity contribution < 1.29 is 4.74 Å². The van der Waals surface area contributed by atoms with Crippen LogP contribution in [-0.2, 0) is 17.7 Å². The van der Waals surface area contributed by atoms with E-state index in [-0.39, 0.29) is 0 Å². The number of imidazole rings is 1. The second-order valence-electron chi connectivity index (χ2n) is 5.79. The summed E-state index contributed by atoms with van der Waals surface area (Å²) >= 11 is 0. The minimum absolute atomic E-state index is 0.691. The number of nitrogens with zero attached hydrogens (tertiary/aromatic N) is 3. The van der Waals surface area contributed by atoms with E-state index in [9.17, 15) is 0 Å². The zero-order valence-electron chi connectivity index (χ0n) is 12.7. The van der Waals surface area contributed by atoms with E-state index in [1.165, 1.54) is 18.7 Å². The fourth-order valence-electron chi connectivity index (χ4n) is 3.12. The maximum Gasteiger partial charge on any atom is 0.159 e. The van der Waals surface area contributed by atoms with Crippen molar-refractivity contribution >= 4 is 11.2 Å².